The minimum absolute atomic E-state index is 0.113. The van der Waals surface area contributed by atoms with Gasteiger partial charge >= 0.3 is 0 Å². The van der Waals surface area contributed by atoms with Crippen molar-refractivity contribution in [1.82, 2.24) is 20.3 Å². The normalized spacial score (nSPS) is 13.6. The van der Waals surface area contributed by atoms with Gasteiger partial charge in [-0.2, -0.15) is 0 Å². The maximum Gasteiger partial charge on any atom is 0.251 e. The van der Waals surface area contributed by atoms with Gasteiger partial charge in [0.15, 0.2) is 0 Å². The molecule has 0 bridgehead atoms. The molecule has 3 heterocycles. The Hall–Kier alpha value is -4.20. The van der Waals surface area contributed by atoms with Crippen LogP contribution in [0, 0.1) is 0 Å². The second kappa shape index (κ2) is 10.2. The van der Waals surface area contributed by atoms with Crippen molar-refractivity contribution in [1.29, 1.82) is 0 Å². The van der Waals surface area contributed by atoms with Gasteiger partial charge in [-0.25, -0.2) is 9.97 Å². The maximum atomic E-state index is 12.4. The van der Waals surface area contributed by atoms with Crippen LogP contribution in [-0.4, -0.2) is 54.7 Å². The lowest BCUT2D eigenvalue weighted by molar-refractivity contribution is 0.0964. The van der Waals surface area contributed by atoms with Crippen LogP contribution in [0.2, 0.25) is 0 Å². The summed E-state index contributed by atoms with van der Waals surface area (Å²) in [6.07, 6.45) is 4.19. The molecular formula is C28H30N6O2. The van der Waals surface area contributed by atoms with E-state index in [4.69, 9.17) is 4.74 Å². The topological polar surface area (TPSA) is 92.3 Å². The third-order valence-electron chi connectivity index (χ3n) is 6.75. The van der Waals surface area contributed by atoms with Crippen LogP contribution in [0.1, 0.15) is 35.2 Å². The van der Waals surface area contributed by atoms with Crippen LogP contribution in [0.4, 0.5) is 11.5 Å². The molecule has 2 aromatic heterocycles. The molecule has 1 unspecified atom stereocenters. The van der Waals surface area contributed by atoms with E-state index in [0.29, 0.717) is 18.7 Å². The quantitative estimate of drug-likeness (QED) is 0.401. The highest BCUT2D eigenvalue weighted by Gasteiger charge is 2.18. The molecule has 0 aliphatic carbocycles. The zero-order valence-electron chi connectivity index (χ0n) is 20.8. The lowest BCUT2D eigenvalue weighted by Gasteiger charge is -2.27. The summed E-state index contributed by atoms with van der Waals surface area (Å²) in [5.74, 6) is 1.71. The van der Waals surface area contributed by atoms with Crippen molar-refractivity contribution in [3.63, 3.8) is 0 Å². The first-order valence-corrected chi connectivity index (χ1v) is 12.2. The first kappa shape index (κ1) is 23.5. The SMILES string of the molecule is CCC(CNc1cc(-c2ccc3c(c2)OCCN3C)ncn1)c1cccc2c(C(=O)NC)ccnc12. The summed E-state index contributed by atoms with van der Waals surface area (Å²) < 4.78 is 5.86. The van der Waals surface area contributed by atoms with Gasteiger partial charge in [-0.1, -0.05) is 31.2 Å². The molecule has 5 rings (SSSR count). The van der Waals surface area contributed by atoms with E-state index in [0.717, 1.165) is 57.9 Å². The van der Waals surface area contributed by atoms with E-state index >= 15 is 0 Å². The molecule has 0 radical (unpaired) electrons. The van der Waals surface area contributed by atoms with Gasteiger partial charge in [0, 0.05) is 49.8 Å². The molecular weight excluding hydrogens is 452 g/mol. The third-order valence-corrected chi connectivity index (χ3v) is 6.75. The Bertz CT molecular complexity index is 1410. The van der Waals surface area contributed by atoms with Gasteiger partial charge in [-0.3, -0.25) is 9.78 Å². The number of carbonyl (C=O) groups excluding carboxylic acids is 1. The number of likely N-dealkylation sites (N-methyl/N-ethyl adjacent to an activating group) is 1. The van der Waals surface area contributed by atoms with Gasteiger partial charge in [0.1, 0.15) is 24.5 Å². The lowest BCUT2D eigenvalue weighted by Crippen LogP contribution is -2.28. The van der Waals surface area contributed by atoms with Gasteiger partial charge in [0.25, 0.3) is 5.91 Å². The molecule has 184 valence electrons. The van der Waals surface area contributed by atoms with E-state index in [1.807, 2.05) is 24.3 Å². The number of benzene rings is 2. The first-order chi connectivity index (χ1) is 17.6. The second-order valence-corrected chi connectivity index (χ2v) is 8.91. The zero-order valence-corrected chi connectivity index (χ0v) is 20.8. The number of nitrogens with one attached hydrogen (secondary N) is 2. The minimum atomic E-state index is -0.113. The highest BCUT2D eigenvalue weighted by atomic mass is 16.5. The molecule has 4 aromatic rings. The minimum Gasteiger partial charge on any atom is -0.490 e. The van der Waals surface area contributed by atoms with Crippen molar-refractivity contribution in [3.8, 4) is 17.0 Å². The third kappa shape index (κ3) is 4.54. The zero-order chi connectivity index (χ0) is 25.1. The van der Waals surface area contributed by atoms with Crippen molar-refractivity contribution in [2.45, 2.75) is 19.3 Å². The summed E-state index contributed by atoms with van der Waals surface area (Å²) in [5, 5.41) is 7.06. The molecule has 1 aliphatic rings. The lowest BCUT2D eigenvalue weighted by atomic mass is 9.92. The first-order valence-electron chi connectivity index (χ1n) is 12.2. The van der Waals surface area contributed by atoms with Crippen molar-refractivity contribution < 1.29 is 9.53 Å². The van der Waals surface area contributed by atoms with Crippen LogP contribution in [0.5, 0.6) is 5.75 Å². The fraction of sp³-hybridized carbons (Fsp3) is 0.286. The number of rotatable bonds is 7. The highest BCUT2D eigenvalue weighted by Crippen LogP contribution is 2.35. The Kier molecular flexibility index (Phi) is 6.66. The second-order valence-electron chi connectivity index (χ2n) is 8.91. The molecule has 36 heavy (non-hydrogen) atoms. The molecule has 0 fully saturated rings. The fourth-order valence-electron chi connectivity index (χ4n) is 4.69. The largest absolute Gasteiger partial charge is 0.490 e. The van der Waals surface area contributed by atoms with E-state index in [9.17, 15) is 4.79 Å². The predicted molar refractivity (Wildman–Crippen MR) is 143 cm³/mol. The van der Waals surface area contributed by atoms with Crippen LogP contribution in [0.25, 0.3) is 22.2 Å². The van der Waals surface area contributed by atoms with E-state index in [-0.39, 0.29) is 11.8 Å². The number of para-hydroxylation sites is 1. The summed E-state index contributed by atoms with van der Waals surface area (Å²) in [6, 6.07) is 15.9. The number of amides is 1. The molecule has 1 atom stereocenters. The Morgan fingerprint density at radius 3 is 2.86 bits per heavy atom. The molecule has 0 saturated heterocycles. The molecule has 2 N–H and O–H groups in total. The Morgan fingerprint density at radius 2 is 2.03 bits per heavy atom. The number of fused-ring (bicyclic) bond motifs is 2. The van der Waals surface area contributed by atoms with Crippen LogP contribution in [0.3, 0.4) is 0 Å². The van der Waals surface area contributed by atoms with Gasteiger partial charge < -0.3 is 20.3 Å². The Labute approximate surface area is 210 Å². The van der Waals surface area contributed by atoms with Crippen LogP contribution < -0.4 is 20.3 Å². The van der Waals surface area contributed by atoms with Crippen LogP contribution >= 0.6 is 0 Å². The van der Waals surface area contributed by atoms with E-state index in [1.54, 1.807) is 25.6 Å². The van der Waals surface area contributed by atoms with Gasteiger partial charge in [0.05, 0.1) is 29.0 Å². The number of carbonyl (C=O) groups is 1. The number of aromatic nitrogens is 3. The number of ether oxygens (including phenoxy) is 1. The van der Waals surface area contributed by atoms with Crippen molar-refractivity contribution in [2.75, 3.05) is 44.0 Å². The predicted octanol–water partition coefficient (Wildman–Crippen LogP) is 4.49. The standard InChI is InChI=1S/C28H30N6O2/c1-4-18(20-6-5-7-21-22(28(35)29-2)10-11-30-27(20)21)16-31-26-15-23(32-17-33-26)19-8-9-24-25(14-19)36-13-12-34(24)3/h5-11,14-15,17-18H,4,12-13,16H2,1-3H3,(H,29,35)(H,31,32,33). The number of nitrogens with zero attached hydrogens (tertiary/aromatic N) is 4. The molecule has 1 amide bonds. The van der Waals surface area contributed by atoms with E-state index < -0.39 is 0 Å². The molecule has 8 nitrogen and oxygen atoms in total. The molecule has 0 saturated carbocycles. The fourth-order valence-corrected chi connectivity index (χ4v) is 4.69. The van der Waals surface area contributed by atoms with Crippen LogP contribution in [0.15, 0.2) is 61.1 Å². The maximum absolute atomic E-state index is 12.4. The smallest absolute Gasteiger partial charge is 0.251 e. The number of anilines is 2. The van der Waals surface area contributed by atoms with Crippen molar-refractivity contribution >= 4 is 28.3 Å². The summed E-state index contributed by atoms with van der Waals surface area (Å²) in [5.41, 5.74) is 5.51. The Balaban J connectivity index is 1.38. The monoisotopic (exact) mass is 482 g/mol. The number of hydrogen-bond acceptors (Lipinski definition) is 7. The van der Waals surface area contributed by atoms with Gasteiger partial charge in [-0.15, -0.1) is 0 Å². The molecule has 2 aromatic carbocycles. The van der Waals surface area contributed by atoms with Gasteiger partial charge in [-0.05, 0) is 30.2 Å². The van der Waals surface area contributed by atoms with Crippen molar-refractivity contribution in [2.24, 2.45) is 0 Å². The van der Waals surface area contributed by atoms with Crippen molar-refractivity contribution in [3.05, 3.63) is 72.2 Å². The van der Waals surface area contributed by atoms with Crippen LogP contribution in [-0.2, 0) is 0 Å². The summed E-state index contributed by atoms with van der Waals surface area (Å²) in [7, 11) is 3.71. The van der Waals surface area contributed by atoms with Gasteiger partial charge in [0.2, 0.25) is 0 Å². The molecule has 0 spiro atoms. The summed E-state index contributed by atoms with van der Waals surface area (Å²) in [4.78, 5) is 28.1. The highest BCUT2D eigenvalue weighted by molar-refractivity contribution is 6.06. The average molecular weight is 483 g/mol. The number of pyridine rings is 1. The van der Waals surface area contributed by atoms with E-state index in [1.165, 1.54) is 0 Å². The molecule has 8 heteroatoms. The Morgan fingerprint density at radius 1 is 1.14 bits per heavy atom. The summed E-state index contributed by atoms with van der Waals surface area (Å²) in [6.45, 7) is 4.39. The number of hydrogen-bond donors (Lipinski definition) is 2. The van der Waals surface area contributed by atoms with E-state index in [2.05, 4.69) is 62.7 Å². The molecule has 1 aliphatic heterocycles. The summed E-state index contributed by atoms with van der Waals surface area (Å²) >= 11 is 0. The average Bonchev–Trinajstić information content (AvgIpc) is 2.93.